The molecular formula is C26H39N3O5. The van der Waals surface area contributed by atoms with Crippen LogP contribution in [0.4, 0.5) is 0 Å². The van der Waals surface area contributed by atoms with Gasteiger partial charge in [-0.1, -0.05) is 25.3 Å². The number of nitrogens with zero attached hydrogens (tertiary/aromatic N) is 1. The summed E-state index contributed by atoms with van der Waals surface area (Å²) in [6.45, 7) is 4.04. The molecule has 0 radical (unpaired) electrons. The second-order valence-corrected chi connectivity index (χ2v) is 9.62. The molecule has 0 spiro atoms. The number of benzene rings is 1. The highest BCUT2D eigenvalue weighted by atomic mass is 16.5. The van der Waals surface area contributed by atoms with Crippen LogP contribution in [0.25, 0.3) is 0 Å². The van der Waals surface area contributed by atoms with Crippen LogP contribution in [0, 0.1) is 12.8 Å². The van der Waals surface area contributed by atoms with Gasteiger partial charge in [0.2, 0.25) is 17.7 Å². The van der Waals surface area contributed by atoms with E-state index in [4.69, 9.17) is 15.2 Å². The quantitative estimate of drug-likeness (QED) is 0.603. The summed E-state index contributed by atoms with van der Waals surface area (Å²) in [7, 11) is 3.21. The maximum atomic E-state index is 14.2. The third-order valence-corrected chi connectivity index (χ3v) is 7.31. The summed E-state index contributed by atoms with van der Waals surface area (Å²) >= 11 is 0. The van der Waals surface area contributed by atoms with Crippen LogP contribution in [0.1, 0.15) is 75.3 Å². The van der Waals surface area contributed by atoms with Crippen molar-refractivity contribution >= 4 is 17.7 Å². The lowest BCUT2D eigenvalue weighted by Crippen LogP contribution is -2.56. The lowest BCUT2D eigenvalue weighted by atomic mass is 9.75. The Balaban J connectivity index is 1.97. The van der Waals surface area contributed by atoms with E-state index in [1.54, 1.807) is 26.0 Å². The second kappa shape index (κ2) is 11.6. The Kier molecular flexibility index (Phi) is 8.80. The number of nitrogens with two attached hydrogens (primary N) is 1. The molecule has 8 heteroatoms. The maximum Gasteiger partial charge on any atom is 0.243 e. The third kappa shape index (κ3) is 5.65. The fraction of sp³-hybridized carbons (Fsp3) is 0.654. The standard InChI is InChI=1S/C26H39N3O5/c1-16-14-19(15-21(33-3)23(16)34-4)22(18-10-6-5-7-11-18)26(32)29-13-9-8-12-20(29)25(31)28-17(2)24(27)30/h14-15,17-18,20,22H,5-13H2,1-4H3,(H2,27,30)(H,28,31)/t17-,20+,22+/m1/s1. The van der Waals surface area contributed by atoms with Gasteiger partial charge in [-0.15, -0.1) is 0 Å². The van der Waals surface area contributed by atoms with Crippen molar-refractivity contribution in [3.63, 3.8) is 0 Å². The lowest BCUT2D eigenvalue weighted by Gasteiger charge is -2.40. The molecule has 3 rings (SSSR count). The van der Waals surface area contributed by atoms with Crippen LogP contribution in [0.3, 0.4) is 0 Å². The van der Waals surface area contributed by atoms with Gasteiger partial charge in [0, 0.05) is 6.54 Å². The van der Waals surface area contributed by atoms with Crippen molar-refractivity contribution in [2.45, 2.75) is 83.2 Å². The number of primary amides is 1. The van der Waals surface area contributed by atoms with E-state index in [9.17, 15) is 14.4 Å². The van der Waals surface area contributed by atoms with Gasteiger partial charge in [-0.3, -0.25) is 14.4 Å². The van der Waals surface area contributed by atoms with Crippen LogP contribution >= 0.6 is 0 Å². The van der Waals surface area contributed by atoms with Crippen LogP contribution in [-0.2, 0) is 14.4 Å². The molecule has 0 bridgehead atoms. The third-order valence-electron chi connectivity index (χ3n) is 7.31. The van der Waals surface area contributed by atoms with Gasteiger partial charge in [-0.25, -0.2) is 0 Å². The van der Waals surface area contributed by atoms with Crippen LogP contribution in [0.2, 0.25) is 0 Å². The molecule has 2 aliphatic rings. The Hall–Kier alpha value is -2.77. The maximum absolute atomic E-state index is 14.2. The summed E-state index contributed by atoms with van der Waals surface area (Å²) in [5.41, 5.74) is 7.15. The molecule has 34 heavy (non-hydrogen) atoms. The zero-order valence-electron chi connectivity index (χ0n) is 20.9. The second-order valence-electron chi connectivity index (χ2n) is 9.62. The van der Waals surface area contributed by atoms with Crippen molar-refractivity contribution < 1.29 is 23.9 Å². The van der Waals surface area contributed by atoms with E-state index in [0.29, 0.717) is 24.5 Å². The molecule has 1 saturated carbocycles. The van der Waals surface area contributed by atoms with Crippen LogP contribution < -0.4 is 20.5 Å². The number of likely N-dealkylation sites (tertiary alicyclic amines) is 1. The Bertz CT molecular complexity index is 897. The zero-order chi connectivity index (χ0) is 24.8. The van der Waals surface area contributed by atoms with Crippen molar-refractivity contribution in [1.29, 1.82) is 0 Å². The Morgan fingerprint density at radius 3 is 2.32 bits per heavy atom. The molecule has 3 amide bonds. The number of aryl methyl sites for hydroxylation is 1. The summed E-state index contributed by atoms with van der Waals surface area (Å²) in [4.78, 5) is 40.4. The number of methoxy groups -OCH3 is 2. The van der Waals surface area contributed by atoms with Gasteiger partial charge in [0.05, 0.1) is 20.1 Å². The molecule has 3 atom stereocenters. The number of amides is 3. The van der Waals surface area contributed by atoms with Gasteiger partial charge < -0.3 is 25.4 Å². The smallest absolute Gasteiger partial charge is 0.243 e. The molecule has 188 valence electrons. The van der Waals surface area contributed by atoms with Gasteiger partial charge in [0.25, 0.3) is 0 Å². The summed E-state index contributed by atoms with van der Waals surface area (Å²) in [6, 6.07) is 2.55. The highest BCUT2D eigenvalue weighted by Gasteiger charge is 2.40. The van der Waals surface area contributed by atoms with Crippen molar-refractivity contribution in [3.8, 4) is 11.5 Å². The number of carbonyl (C=O) groups is 3. The van der Waals surface area contributed by atoms with Gasteiger partial charge in [-0.05, 0) is 69.1 Å². The van der Waals surface area contributed by atoms with Gasteiger partial charge in [-0.2, -0.15) is 0 Å². The Labute approximate surface area is 202 Å². The van der Waals surface area contributed by atoms with E-state index in [1.165, 1.54) is 6.42 Å². The SMILES string of the molecule is COc1cc([C@@H](C(=O)N2CCCC[C@H]2C(=O)N[C@H](C)C(N)=O)C2CCCCC2)cc(C)c1OC. The predicted molar refractivity (Wildman–Crippen MR) is 130 cm³/mol. The number of hydrogen-bond donors (Lipinski definition) is 2. The minimum atomic E-state index is -0.783. The molecule has 3 N–H and O–H groups in total. The highest BCUT2D eigenvalue weighted by Crippen LogP contribution is 2.42. The normalized spacial score (nSPS) is 20.8. The first-order valence-corrected chi connectivity index (χ1v) is 12.4. The molecule has 1 aliphatic heterocycles. The summed E-state index contributed by atoms with van der Waals surface area (Å²) in [6.07, 6.45) is 7.62. The first kappa shape index (κ1) is 25.8. The minimum absolute atomic E-state index is 0.0231. The van der Waals surface area contributed by atoms with Crippen LogP contribution in [0.5, 0.6) is 11.5 Å². The number of rotatable bonds is 8. The average molecular weight is 474 g/mol. The van der Waals surface area contributed by atoms with E-state index in [2.05, 4.69) is 5.32 Å². The number of carbonyl (C=O) groups excluding carboxylic acids is 3. The molecule has 1 aliphatic carbocycles. The molecule has 8 nitrogen and oxygen atoms in total. The molecule has 2 fully saturated rings. The largest absolute Gasteiger partial charge is 0.493 e. The minimum Gasteiger partial charge on any atom is -0.493 e. The summed E-state index contributed by atoms with van der Waals surface area (Å²) < 4.78 is 11.1. The predicted octanol–water partition coefficient (Wildman–Crippen LogP) is 3.05. The van der Waals surface area contributed by atoms with Crippen LogP contribution in [-0.4, -0.2) is 55.5 Å². The number of hydrogen-bond acceptors (Lipinski definition) is 5. The lowest BCUT2D eigenvalue weighted by molar-refractivity contribution is -0.145. The Morgan fingerprint density at radius 1 is 1.03 bits per heavy atom. The van der Waals surface area contributed by atoms with Crippen LogP contribution in [0.15, 0.2) is 12.1 Å². The van der Waals surface area contributed by atoms with Crippen molar-refractivity contribution in [2.24, 2.45) is 11.7 Å². The monoisotopic (exact) mass is 473 g/mol. The zero-order valence-corrected chi connectivity index (χ0v) is 20.9. The van der Waals surface area contributed by atoms with E-state index in [-0.39, 0.29) is 23.7 Å². The Morgan fingerprint density at radius 2 is 1.71 bits per heavy atom. The highest BCUT2D eigenvalue weighted by molar-refractivity contribution is 5.93. The molecule has 1 aromatic rings. The molecular weight excluding hydrogens is 434 g/mol. The van der Waals surface area contributed by atoms with E-state index < -0.39 is 18.0 Å². The molecule has 0 aromatic heterocycles. The number of ether oxygens (including phenoxy) is 2. The van der Waals surface area contributed by atoms with Crippen molar-refractivity contribution in [2.75, 3.05) is 20.8 Å². The summed E-state index contributed by atoms with van der Waals surface area (Å²) in [5.74, 6) is 0.180. The van der Waals surface area contributed by atoms with Gasteiger partial charge >= 0.3 is 0 Å². The fourth-order valence-electron chi connectivity index (χ4n) is 5.47. The fourth-order valence-corrected chi connectivity index (χ4v) is 5.47. The molecule has 1 aromatic carbocycles. The van der Waals surface area contributed by atoms with Gasteiger partial charge in [0.15, 0.2) is 11.5 Å². The molecule has 1 saturated heterocycles. The van der Waals surface area contributed by atoms with E-state index >= 15 is 0 Å². The van der Waals surface area contributed by atoms with E-state index in [0.717, 1.165) is 49.7 Å². The van der Waals surface area contributed by atoms with Gasteiger partial charge in [0.1, 0.15) is 12.1 Å². The van der Waals surface area contributed by atoms with E-state index in [1.807, 2.05) is 19.1 Å². The first-order valence-electron chi connectivity index (χ1n) is 12.4. The van der Waals surface area contributed by atoms with Crippen molar-refractivity contribution in [3.05, 3.63) is 23.3 Å². The first-order chi connectivity index (χ1) is 16.3. The topological polar surface area (TPSA) is 111 Å². The number of piperidine rings is 1. The molecule has 0 unspecified atom stereocenters. The number of nitrogens with one attached hydrogen (secondary N) is 1. The van der Waals surface area contributed by atoms with Crippen molar-refractivity contribution in [1.82, 2.24) is 10.2 Å². The summed E-state index contributed by atoms with van der Waals surface area (Å²) in [5, 5.41) is 2.69. The molecule has 1 heterocycles. The average Bonchev–Trinajstić information content (AvgIpc) is 2.84.